The molecular weight excluding hydrogens is 180 g/mol. The quantitative estimate of drug-likeness (QED) is 0.629. The molecule has 3 heteroatoms. The van der Waals surface area contributed by atoms with Crippen LogP contribution in [-0.2, 0) is 0 Å². The van der Waals surface area contributed by atoms with Crippen LogP contribution < -0.4 is 11.1 Å². The fourth-order valence-corrected chi connectivity index (χ4v) is 3.32. The SMILES string of the molecule is CC1(C)C2CCC(NC(N)=S)C1C2. The van der Waals surface area contributed by atoms with Gasteiger partial charge in [-0.3, -0.25) is 0 Å². The molecular formula is C10H18N2S. The zero-order chi connectivity index (χ0) is 9.64. The van der Waals surface area contributed by atoms with Crippen molar-refractivity contribution in [2.24, 2.45) is 23.0 Å². The van der Waals surface area contributed by atoms with E-state index in [1.807, 2.05) is 0 Å². The summed E-state index contributed by atoms with van der Waals surface area (Å²) >= 11 is 4.89. The van der Waals surface area contributed by atoms with Crippen LogP contribution in [0.15, 0.2) is 0 Å². The second kappa shape index (κ2) is 2.84. The zero-order valence-corrected chi connectivity index (χ0v) is 9.16. The molecule has 0 radical (unpaired) electrons. The summed E-state index contributed by atoms with van der Waals surface area (Å²) in [5.74, 6) is 1.73. The maximum Gasteiger partial charge on any atom is 0.163 e. The van der Waals surface area contributed by atoms with Gasteiger partial charge in [-0.2, -0.15) is 0 Å². The van der Waals surface area contributed by atoms with E-state index in [0.717, 1.165) is 11.8 Å². The second-order valence-electron chi connectivity index (χ2n) is 5.05. The lowest BCUT2D eigenvalue weighted by molar-refractivity contribution is -0.0825. The Morgan fingerprint density at radius 2 is 2.15 bits per heavy atom. The molecule has 0 heterocycles. The minimum atomic E-state index is 0.464. The predicted molar refractivity (Wildman–Crippen MR) is 58.3 cm³/mol. The van der Waals surface area contributed by atoms with Crippen LogP contribution in [0.2, 0.25) is 0 Å². The van der Waals surface area contributed by atoms with Crippen LogP contribution >= 0.6 is 12.2 Å². The lowest BCUT2D eigenvalue weighted by Gasteiger charge is -2.60. The van der Waals surface area contributed by atoms with Gasteiger partial charge in [-0.25, -0.2) is 0 Å². The summed E-state index contributed by atoms with van der Waals surface area (Å²) < 4.78 is 0. The van der Waals surface area contributed by atoms with Gasteiger partial charge >= 0.3 is 0 Å². The summed E-state index contributed by atoms with van der Waals surface area (Å²) in [6, 6.07) is 0.539. The minimum Gasteiger partial charge on any atom is -0.376 e. The van der Waals surface area contributed by atoms with Crippen molar-refractivity contribution in [1.29, 1.82) is 0 Å². The molecule has 3 unspecified atom stereocenters. The van der Waals surface area contributed by atoms with Gasteiger partial charge in [0.2, 0.25) is 0 Å². The van der Waals surface area contributed by atoms with Crippen LogP contribution in [0.5, 0.6) is 0 Å². The van der Waals surface area contributed by atoms with Crippen molar-refractivity contribution < 1.29 is 0 Å². The van der Waals surface area contributed by atoms with E-state index in [1.165, 1.54) is 19.3 Å². The number of hydrogen-bond acceptors (Lipinski definition) is 1. The van der Waals surface area contributed by atoms with Crippen LogP contribution in [0.4, 0.5) is 0 Å². The fourth-order valence-electron chi connectivity index (χ4n) is 3.17. The molecule has 13 heavy (non-hydrogen) atoms. The third-order valence-electron chi connectivity index (χ3n) is 4.19. The molecule has 0 aromatic rings. The van der Waals surface area contributed by atoms with Crippen LogP contribution in [0, 0.1) is 17.3 Å². The van der Waals surface area contributed by atoms with Crippen molar-refractivity contribution in [3.8, 4) is 0 Å². The van der Waals surface area contributed by atoms with Crippen molar-refractivity contribution in [2.75, 3.05) is 0 Å². The molecule has 3 saturated carbocycles. The van der Waals surface area contributed by atoms with Crippen molar-refractivity contribution in [3.63, 3.8) is 0 Å². The van der Waals surface area contributed by atoms with E-state index in [4.69, 9.17) is 18.0 Å². The molecule has 0 aromatic heterocycles. The predicted octanol–water partition coefficient (Wildman–Crippen LogP) is 1.64. The lowest BCUT2D eigenvalue weighted by Crippen LogP contribution is -2.60. The average molecular weight is 198 g/mol. The van der Waals surface area contributed by atoms with Gasteiger partial charge in [0.25, 0.3) is 0 Å². The van der Waals surface area contributed by atoms with Gasteiger partial charge in [-0.15, -0.1) is 0 Å². The van der Waals surface area contributed by atoms with Gasteiger partial charge in [0.15, 0.2) is 5.11 Å². The van der Waals surface area contributed by atoms with Gasteiger partial charge in [0.05, 0.1) is 0 Å². The Morgan fingerprint density at radius 1 is 1.46 bits per heavy atom. The standard InChI is InChI=1S/C10H18N2S/c1-10(2)6-3-4-8(7(10)5-6)12-9(11)13/h6-8H,3-5H2,1-2H3,(H3,11,12,13). The molecule has 0 amide bonds. The smallest absolute Gasteiger partial charge is 0.163 e. The first-order valence-corrected chi connectivity index (χ1v) is 5.48. The Kier molecular flexibility index (Phi) is 2.02. The Morgan fingerprint density at radius 3 is 2.62 bits per heavy atom. The van der Waals surface area contributed by atoms with E-state index in [0.29, 0.717) is 16.6 Å². The Balaban J connectivity index is 2.03. The molecule has 3 atom stereocenters. The summed E-state index contributed by atoms with van der Waals surface area (Å²) in [7, 11) is 0. The second-order valence-corrected chi connectivity index (χ2v) is 5.49. The third-order valence-corrected chi connectivity index (χ3v) is 4.30. The number of thiocarbonyl (C=S) groups is 1. The first-order valence-electron chi connectivity index (χ1n) is 5.08. The molecule has 74 valence electrons. The number of hydrogen-bond donors (Lipinski definition) is 2. The van der Waals surface area contributed by atoms with Gasteiger partial charge in [0.1, 0.15) is 0 Å². The molecule has 0 aliphatic heterocycles. The summed E-state index contributed by atoms with van der Waals surface area (Å²) in [6.07, 6.45) is 3.95. The third kappa shape index (κ3) is 1.33. The maximum atomic E-state index is 5.51. The van der Waals surface area contributed by atoms with Gasteiger partial charge in [-0.1, -0.05) is 13.8 Å². The highest BCUT2D eigenvalue weighted by Crippen LogP contribution is 2.58. The molecule has 0 spiro atoms. The summed E-state index contributed by atoms with van der Waals surface area (Å²) in [5.41, 5.74) is 6.03. The van der Waals surface area contributed by atoms with Crippen molar-refractivity contribution in [2.45, 2.75) is 39.2 Å². The first kappa shape index (κ1) is 9.25. The van der Waals surface area contributed by atoms with Crippen LogP contribution in [0.1, 0.15) is 33.1 Å². The highest BCUT2D eigenvalue weighted by Gasteiger charge is 2.54. The zero-order valence-electron chi connectivity index (χ0n) is 8.34. The molecule has 0 aromatic carbocycles. The van der Waals surface area contributed by atoms with E-state index in [1.54, 1.807) is 0 Å². The maximum absolute atomic E-state index is 5.51. The largest absolute Gasteiger partial charge is 0.376 e. The van der Waals surface area contributed by atoms with Crippen LogP contribution in [0.25, 0.3) is 0 Å². The summed E-state index contributed by atoms with van der Waals surface area (Å²) in [6.45, 7) is 4.75. The van der Waals surface area contributed by atoms with E-state index in [2.05, 4.69) is 19.2 Å². The molecule has 3 rings (SSSR count). The number of fused-ring (bicyclic) bond motifs is 2. The summed E-state index contributed by atoms with van der Waals surface area (Å²) in [4.78, 5) is 0. The van der Waals surface area contributed by atoms with Crippen LogP contribution in [0.3, 0.4) is 0 Å². The monoisotopic (exact) mass is 198 g/mol. The Bertz CT molecular complexity index is 235. The molecule has 3 fully saturated rings. The minimum absolute atomic E-state index is 0.464. The first-order chi connectivity index (χ1) is 6.01. The van der Waals surface area contributed by atoms with Crippen molar-refractivity contribution in [1.82, 2.24) is 5.32 Å². The Labute approximate surface area is 85.3 Å². The fraction of sp³-hybridized carbons (Fsp3) is 0.900. The van der Waals surface area contributed by atoms with Crippen molar-refractivity contribution in [3.05, 3.63) is 0 Å². The molecule has 3 aliphatic rings. The van der Waals surface area contributed by atoms with E-state index in [-0.39, 0.29) is 0 Å². The number of rotatable bonds is 1. The molecule has 3 aliphatic carbocycles. The van der Waals surface area contributed by atoms with E-state index >= 15 is 0 Å². The van der Waals surface area contributed by atoms with Gasteiger partial charge in [0, 0.05) is 6.04 Å². The highest BCUT2D eigenvalue weighted by molar-refractivity contribution is 7.80. The van der Waals surface area contributed by atoms with Gasteiger partial charge < -0.3 is 11.1 Å². The average Bonchev–Trinajstić information content (AvgIpc) is 2.03. The normalized spacial score (nSPS) is 40.6. The number of nitrogens with one attached hydrogen (secondary N) is 1. The van der Waals surface area contributed by atoms with E-state index in [9.17, 15) is 0 Å². The van der Waals surface area contributed by atoms with Gasteiger partial charge in [-0.05, 0) is 48.7 Å². The van der Waals surface area contributed by atoms with Crippen molar-refractivity contribution >= 4 is 17.3 Å². The molecule has 2 bridgehead atoms. The van der Waals surface area contributed by atoms with E-state index < -0.39 is 0 Å². The summed E-state index contributed by atoms with van der Waals surface area (Å²) in [5, 5.41) is 3.70. The Hall–Kier alpha value is -0.310. The number of nitrogens with two attached hydrogens (primary N) is 1. The highest BCUT2D eigenvalue weighted by atomic mass is 32.1. The van der Waals surface area contributed by atoms with Crippen LogP contribution in [-0.4, -0.2) is 11.2 Å². The topological polar surface area (TPSA) is 38.0 Å². The molecule has 0 saturated heterocycles. The molecule has 2 nitrogen and oxygen atoms in total. The lowest BCUT2D eigenvalue weighted by atomic mass is 9.47. The molecule has 3 N–H and O–H groups in total.